The summed E-state index contributed by atoms with van der Waals surface area (Å²) in [7, 11) is 0. The molecule has 86 valence electrons. The van der Waals surface area contributed by atoms with Gasteiger partial charge in [-0.15, -0.1) is 0 Å². The minimum absolute atomic E-state index is 0.388. The van der Waals surface area contributed by atoms with Crippen LogP contribution < -0.4 is 0 Å². The van der Waals surface area contributed by atoms with Crippen molar-refractivity contribution in [3.63, 3.8) is 0 Å². The first kappa shape index (κ1) is 11.6. The molecule has 0 saturated heterocycles. The van der Waals surface area contributed by atoms with Gasteiger partial charge >= 0.3 is 0 Å². The number of allylic oxidation sites excluding steroid dienone is 2. The zero-order valence-electron chi connectivity index (χ0n) is 10.0. The van der Waals surface area contributed by atoms with E-state index in [9.17, 15) is 5.11 Å². The van der Waals surface area contributed by atoms with Gasteiger partial charge in [-0.25, -0.2) is 0 Å². The van der Waals surface area contributed by atoms with Crippen LogP contribution in [0.3, 0.4) is 0 Å². The summed E-state index contributed by atoms with van der Waals surface area (Å²) >= 11 is 0. The first-order valence-electron chi connectivity index (χ1n) is 5.70. The first-order valence-corrected chi connectivity index (χ1v) is 5.70. The Morgan fingerprint density at radius 3 is 2.71 bits per heavy atom. The van der Waals surface area contributed by atoms with Crippen LogP contribution in [0.25, 0.3) is 0 Å². The Morgan fingerprint density at radius 2 is 2.18 bits per heavy atom. The lowest BCUT2D eigenvalue weighted by atomic mass is 9.98. The molecule has 0 fully saturated rings. The highest BCUT2D eigenvalue weighted by Crippen LogP contribution is 2.29. The summed E-state index contributed by atoms with van der Waals surface area (Å²) in [5.74, 6) is 0.388. The lowest BCUT2D eigenvalue weighted by Crippen LogP contribution is -2.00. The van der Waals surface area contributed by atoms with Gasteiger partial charge in [-0.05, 0) is 35.6 Å². The molecule has 2 nitrogen and oxygen atoms in total. The molecule has 0 radical (unpaired) electrons. The van der Waals surface area contributed by atoms with Gasteiger partial charge in [0.2, 0.25) is 0 Å². The van der Waals surface area contributed by atoms with Gasteiger partial charge in [0.1, 0.15) is 6.10 Å². The number of aliphatic hydroxyl groups excluding tert-OH is 1. The molecule has 2 atom stereocenters. The second-order valence-electron chi connectivity index (χ2n) is 4.47. The molecule has 1 aromatic rings. The number of hydrogen-bond acceptors (Lipinski definition) is 2. The zero-order chi connectivity index (χ0) is 12.4. The van der Waals surface area contributed by atoms with E-state index in [2.05, 4.69) is 25.1 Å². The first-order chi connectivity index (χ1) is 8.11. The number of rotatable bonds is 2. The fraction of sp³-hybridized carbons (Fsp3) is 0.267. The molecule has 0 spiro atoms. The van der Waals surface area contributed by atoms with E-state index >= 15 is 0 Å². The molecule has 2 rings (SSSR count). The maximum atomic E-state index is 10.2. The third kappa shape index (κ3) is 2.30. The van der Waals surface area contributed by atoms with Crippen molar-refractivity contribution in [1.29, 1.82) is 5.26 Å². The van der Waals surface area contributed by atoms with Crippen LogP contribution in [0, 0.1) is 24.2 Å². The Hall–Kier alpha value is -1.85. The highest BCUT2D eigenvalue weighted by molar-refractivity contribution is 5.43. The summed E-state index contributed by atoms with van der Waals surface area (Å²) in [5, 5.41) is 19.1. The van der Waals surface area contributed by atoms with E-state index in [4.69, 9.17) is 5.26 Å². The lowest BCUT2D eigenvalue weighted by molar-refractivity contribution is 0.219. The SMILES string of the molecule is Cc1cc(C(O)C2=CC(C)C=C2)ccc1C#N. The van der Waals surface area contributed by atoms with Crippen LogP contribution >= 0.6 is 0 Å². The summed E-state index contributed by atoms with van der Waals surface area (Å²) in [6.07, 6.45) is 5.48. The summed E-state index contributed by atoms with van der Waals surface area (Å²) in [4.78, 5) is 0. The second kappa shape index (κ2) is 4.57. The van der Waals surface area contributed by atoms with E-state index in [1.54, 1.807) is 6.07 Å². The molecule has 2 unspecified atom stereocenters. The number of aryl methyl sites for hydroxylation is 1. The van der Waals surface area contributed by atoms with Crippen LogP contribution in [0.2, 0.25) is 0 Å². The predicted molar refractivity (Wildman–Crippen MR) is 67.2 cm³/mol. The second-order valence-corrected chi connectivity index (χ2v) is 4.47. The van der Waals surface area contributed by atoms with Gasteiger partial charge in [0, 0.05) is 0 Å². The van der Waals surface area contributed by atoms with Crippen molar-refractivity contribution in [1.82, 2.24) is 0 Å². The Balaban J connectivity index is 2.30. The summed E-state index contributed by atoms with van der Waals surface area (Å²) in [6.45, 7) is 3.97. The van der Waals surface area contributed by atoms with Crippen LogP contribution in [0.5, 0.6) is 0 Å². The summed E-state index contributed by atoms with van der Waals surface area (Å²) in [5.41, 5.74) is 3.33. The molecular weight excluding hydrogens is 210 g/mol. The van der Waals surface area contributed by atoms with E-state index in [1.165, 1.54) is 0 Å². The van der Waals surface area contributed by atoms with Crippen LogP contribution in [-0.2, 0) is 0 Å². The van der Waals surface area contributed by atoms with Gasteiger partial charge in [0.25, 0.3) is 0 Å². The Bertz CT molecular complexity index is 534. The fourth-order valence-electron chi connectivity index (χ4n) is 2.03. The van der Waals surface area contributed by atoms with Crippen LogP contribution in [0.1, 0.15) is 29.7 Å². The molecule has 0 amide bonds. The predicted octanol–water partition coefficient (Wildman–Crippen LogP) is 3.03. The average Bonchev–Trinajstić information content (AvgIpc) is 2.75. The quantitative estimate of drug-likeness (QED) is 0.840. The van der Waals surface area contributed by atoms with Crippen molar-refractivity contribution in [2.75, 3.05) is 0 Å². The van der Waals surface area contributed by atoms with E-state index in [1.807, 2.05) is 25.1 Å². The molecule has 0 saturated carbocycles. The Morgan fingerprint density at radius 1 is 1.41 bits per heavy atom. The maximum Gasteiger partial charge on any atom is 0.104 e. The molecule has 0 aromatic heterocycles. The average molecular weight is 225 g/mol. The highest BCUT2D eigenvalue weighted by Gasteiger charge is 2.16. The van der Waals surface area contributed by atoms with Gasteiger partial charge in [0.15, 0.2) is 0 Å². The van der Waals surface area contributed by atoms with E-state index < -0.39 is 6.10 Å². The molecule has 0 heterocycles. The van der Waals surface area contributed by atoms with Crippen molar-refractivity contribution in [2.45, 2.75) is 20.0 Å². The molecule has 1 aromatic carbocycles. The van der Waals surface area contributed by atoms with Gasteiger partial charge in [-0.2, -0.15) is 5.26 Å². The van der Waals surface area contributed by atoms with Crippen LogP contribution in [0.4, 0.5) is 0 Å². The molecular formula is C15H15NO. The molecule has 1 aliphatic carbocycles. The molecule has 1 N–H and O–H groups in total. The monoisotopic (exact) mass is 225 g/mol. The lowest BCUT2D eigenvalue weighted by Gasteiger charge is -2.12. The normalized spacial score (nSPS) is 19.9. The summed E-state index contributed by atoms with van der Waals surface area (Å²) < 4.78 is 0. The molecule has 17 heavy (non-hydrogen) atoms. The third-order valence-electron chi connectivity index (χ3n) is 3.05. The number of nitrogens with zero attached hydrogens (tertiary/aromatic N) is 1. The van der Waals surface area contributed by atoms with Crippen LogP contribution in [-0.4, -0.2) is 5.11 Å². The number of benzene rings is 1. The Labute approximate surface area is 102 Å². The summed E-state index contributed by atoms with van der Waals surface area (Å²) in [6, 6.07) is 7.58. The minimum atomic E-state index is -0.595. The number of aliphatic hydroxyl groups is 1. The maximum absolute atomic E-state index is 10.2. The third-order valence-corrected chi connectivity index (χ3v) is 3.05. The van der Waals surface area contributed by atoms with Gasteiger partial charge in [-0.1, -0.05) is 37.3 Å². The standard InChI is InChI=1S/C15H15NO/c1-10-3-4-12(7-10)15(17)13-5-6-14(9-16)11(2)8-13/h3-8,10,15,17H,1-2H3. The topological polar surface area (TPSA) is 44.0 Å². The fourth-order valence-corrected chi connectivity index (χ4v) is 2.03. The highest BCUT2D eigenvalue weighted by atomic mass is 16.3. The van der Waals surface area contributed by atoms with Crippen molar-refractivity contribution in [3.05, 3.63) is 58.7 Å². The number of hydrogen-bond donors (Lipinski definition) is 1. The van der Waals surface area contributed by atoms with Crippen molar-refractivity contribution >= 4 is 0 Å². The van der Waals surface area contributed by atoms with E-state index in [0.29, 0.717) is 11.5 Å². The van der Waals surface area contributed by atoms with E-state index in [0.717, 1.165) is 16.7 Å². The molecule has 2 heteroatoms. The molecule has 0 aliphatic heterocycles. The van der Waals surface area contributed by atoms with Crippen molar-refractivity contribution in [2.24, 2.45) is 5.92 Å². The largest absolute Gasteiger partial charge is 0.384 e. The molecule has 0 bridgehead atoms. The number of nitriles is 1. The van der Waals surface area contributed by atoms with Gasteiger partial charge in [-0.3, -0.25) is 0 Å². The van der Waals surface area contributed by atoms with Gasteiger partial charge in [0.05, 0.1) is 11.6 Å². The minimum Gasteiger partial charge on any atom is -0.384 e. The smallest absolute Gasteiger partial charge is 0.104 e. The van der Waals surface area contributed by atoms with Gasteiger partial charge < -0.3 is 5.11 Å². The van der Waals surface area contributed by atoms with Crippen molar-refractivity contribution in [3.8, 4) is 6.07 Å². The Kier molecular flexibility index (Phi) is 3.12. The zero-order valence-corrected chi connectivity index (χ0v) is 10.0. The molecule has 1 aliphatic rings. The van der Waals surface area contributed by atoms with Crippen molar-refractivity contribution < 1.29 is 5.11 Å². The van der Waals surface area contributed by atoms with E-state index in [-0.39, 0.29) is 0 Å². The van der Waals surface area contributed by atoms with Crippen LogP contribution in [0.15, 0.2) is 42.0 Å².